The first-order valence-electron chi connectivity index (χ1n) is 5.07. The van der Waals surface area contributed by atoms with Gasteiger partial charge >= 0.3 is 0 Å². The largest absolute Gasteiger partial charge is 0.467 e. The number of aliphatic hydroxyl groups is 1. The van der Waals surface area contributed by atoms with Crippen LogP contribution >= 0.6 is 0 Å². The van der Waals surface area contributed by atoms with Crippen molar-refractivity contribution in [1.29, 1.82) is 0 Å². The molecule has 1 amide bonds. The number of amides is 1. The molecule has 0 aliphatic rings. The van der Waals surface area contributed by atoms with Gasteiger partial charge in [-0.1, -0.05) is 0 Å². The highest BCUT2D eigenvalue weighted by Crippen LogP contribution is 2.14. The third-order valence-corrected chi connectivity index (χ3v) is 2.33. The van der Waals surface area contributed by atoms with E-state index in [-0.39, 0.29) is 12.3 Å². The Morgan fingerprint density at radius 2 is 2.41 bits per heavy atom. The molecule has 2 aromatic heterocycles. The number of aryl methyl sites for hydroxylation is 1. The van der Waals surface area contributed by atoms with E-state index in [1.165, 1.54) is 12.7 Å². The predicted octanol–water partition coefficient (Wildman–Crippen LogP) is 1.04. The van der Waals surface area contributed by atoms with Crippen molar-refractivity contribution in [2.24, 2.45) is 0 Å². The Morgan fingerprint density at radius 3 is 2.94 bits per heavy atom. The van der Waals surface area contributed by atoms with Crippen LogP contribution in [0.3, 0.4) is 0 Å². The summed E-state index contributed by atoms with van der Waals surface area (Å²) in [5.74, 6) is 0.507. The lowest BCUT2D eigenvalue weighted by atomic mass is 10.2. The second-order valence-corrected chi connectivity index (χ2v) is 3.48. The lowest BCUT2D eigenvalue weighted by molar-refractivity contribution is 0.0901. The minimum absolute atomic E-state index is 0.204. The molecule has 0 spiro atoms. The first-order chi connectivity index (χ1) is 8.22. The highest BCUT2D eigenvalue weighted by molar-refractivity contribution is 5.93. The Bertz CT molecular complexity index is 489. The van der Waals surface area contributed by atoms with Crippen LogP contribution in [0.25, 0.3) is 0 Å². The van der Waals surface area contributed by atoms with E-state index < -0.39 is 11.9 Å². The minimum Gasteiger partial charge on any atom is -0.467 e. The molecule has 0 aromatic carbocycles. The summed E-state index contributed by atoms with van der Waals surface area (Å²) in [4.78, 5) is 15.6. The smallest absolute Gasteiger partial charge is 0.274 e. The fourth-order valence-electron chi connectivity index (χ4n) is 1.45. The van der Waals surface area contributed by atoms with E-state index in [1.54, 1.807) is 19.1 Å². The van der Waals surface area contributed by atoms with Crippen molar-refractivity contribution in [2.45, 2.75) is 13.0 Å². The van der Waals surface area contributed by atoms with Crippen molar-refractivity contribution in [1.82, 2.24) is 10.3 Å². The van der Waals surface area contributed by atoms with Gasteiger partial charge in [-0.3, -0.25) is 4.79 Å². The Labute approximate surface area is 97.3 Å². The third-order valence-electron chi connectivity index (χ3n) is 2.33. The van der Waals surface area contributed by atoms with Gasteiger partial charge in [-0.05, 0) is 19.1 Å². The molecule has 0 saturated carbocycles. The molecule has 1 unspecified atom stereocenters. The van der Waals surface area contributed by atoms with Crippen LogP contribution in [0.5, 0.6) is 0 Å². The fourth-order valence-corrected chi connectivity index (χ4v) is 1.45. The number of oxazole rings is 1. The topological polar surface area (TPSA) is 88.5 Å². The van der Waals surface area contributed by atoms with Crippen molar-refractivity contribution < 1.29 is 18.7 Å². The molecule has 2 aromatic rings. The molecule has 0 saturated heterocycles. The number of hydrogen-bond donors (Lipinski definition) is 2. The van der Waals surface area contributed by atoms with Crippen molar-refractivity contribution in [2.75, 3.05) is 6.61 Å². The summed E-state index contributed by atoms with van der Waals surface area (Å²) < 4.78 is 10.1. The number of rotatable bonds is 4. The summed E-state index contributed by atoms with van der Waals surface area (Å²) in [6.45, 7) is 1.39. The van der Waals surface area contributed by atoms with E-state index >= 15 is 0 Å². The van der Waals surface area contributed by atoms with Gasteiger partial charge in [-0.15, -0.1) is 0 Å². The van der Waals surface area contributed by atoms with Gasteiger partial charge in [0.2, 0.25) is 0 Å². The third kappa shape index (κ3) is 2.36. The first-order valence-corrected chi connectivity index (χ1v) is 5.07. The van der Waals surface area contributed by atoms with Crippen LogP contribution in [0, 0.1) is 6.92 Å². The SMILES string of the molecule is Cc1ocnc1C(=O)NC(CO)c1ccco1. The summed E-state index contributed by atoms with van der Waals surface area (Å²) in [5.41, 5.74) is 0.204. The van der Waals surface area contributed by atoms with Crippen LogP contribution in [-0.4, -0.2) is 22.6 Å². The standard InChI is InChI=1S/C11H12N2O4/c1-7-10(12-6-17-7)11(15)13-8(5-14)9-3-2-4-16-9/h2-4,6,8,14H,5H2,1H3,(H,13,15). The van der Waals surface area contributed by atoms with Gasteiger partial charge in [0, 0.05) is 0 Å². The number of nitrogens with one attached hydrogen (secondary N) is 1. The van der Waals surface area contributed by atoms with Gasteiger partial charge in [0.05, 0.1) is 12.9 Å². The summed E-state index contributed by atoms with van der Waals surface area (Å²) in [5, 5.41) is 11.8. The number of nitrogens with zero attached hydrogens (tertiary/aromatic N) is 1. The number of carbonyl (C=O) groups excluding carboxylic acids is 1. The molecule has 17 heavy (non-hydrogen) atoms. The van der Waals surface area contributed by atoms with Crippen molar-refractivity contribution >= 4 is 5.91 Å². The predicted molar refractivity (Wildman–Crippen MR) is 57.2 cm³/mol. The van der Waals surface area contributed by atoms with Crippen LogP contribution in [0.4, 0.5) is 0 Å². The monoisotopic (exact) mass is 236 g/mol. The molecule has 0 bridgehead atoms. The average Bonchev–Trinajstić information content (AvgIpc) is 2.96. The molecule has 0 fully saturated rings. The maximum atomic E-state index is 11.8. The fraction of sp³-hybridized carbons (Fsp3) is 0.273. The van der Waals surface area contributed by atoms with E-state index in [9.17, 15) is 9.90 Å². The second-order valence-electron chi connectivity index (χ2n) is 3.48. The molecule has 0 aliphatic carbocycles. The van der Waals surface area contributed by atoms with E-state index in [0.29, 0.717) is 11.5 Å². The molecule has 90 valence electrons. The highest BCUT2D eigenvalue weighted by atomic mass is 16.3. The van der Waals surface area contributed by atoms with Gasteiger partial charge in [-0.25, -0.2) is 4.98 Å². The molecule has 6 nitrogen and oxygen atoms in total. The van der Waals surface area contributed by atoms with Crippen molar-refractivity contribution in [3.8, 4) is 0 Å². The zero-order valence-electron chi connectivity index (χ0n) is 9.21. The Kier molecular flexibility index (Phi) is 3.24. The van der Waals surface area contributed by atoms with Gasteiger partial charge < -0.3 is 19.3 Å². The van der Waals surface area contributed by atoms with E-state index in [4.69, 9.17) is 8.83 Å². The normalized spacial score (nSPS) is 12.4. The van der Waals surface area contributed by atoms with Crippen LogP contribution in [0.2, 0.25) is 0 Å². The average molecular weight is 236 g/mol. The van der Waals surface area contributed by atoms with Crippen molar-refractivity contribution in [3.05, 3.63) is 42.0 Å². The zero-order valence-corrected chi connectivity index (χ0v) is 9.21. The zero-order chi connectivity index (χ0) is 12.3. The molecule has 2 N–H and O–H groups in total. The molecule has 1 atom stereocenters. The Hall–Kier alpha value is -2.08. The molecule has 6 heteroatoms. The maximum Gasteiger partial charge on any atom is 0.274 e. The lowest BCUT2D eigenvalue weighted by Crippen LogP contribution is -2.31. The van der Waals surface area contributed by atoms with Crippen LogP contribution in [0.15, 0.2) is 33.6 Å². The van der Waals surface area contributed by atoms with Crippen LogP contribution in [-0.2, 0) is 0 Å². The molecular weight excluding hydrogens is 224 g/mol. The Morgan fingerprint density at radius 1 is 1.59 bits per heavy atom. The van der Waals surface area contributed by atoms with E-state index in [0.717, 1.165) is 0 Å². The van der Waals surface area contributed by atoms with Gasteiger partial charge in [0.15, 0.2) is 12.1 Å². The molecule has 0 aliphatic heterocycles. The number of furan rings is 1. The highest BCUT2D eigenvalue weighted by Gasteiger charge is 2.20. The van der Waals surface area contributed by atoms with Gasteiger partial charge in [0.25, 0.3) is 5.91 Å². The first kappa shape index (κ1) is 11.4. The van der Waals surface area contributed by atoms with Crippen molar-refractivity contribution in [3.63, 3.8) is 0 Å². The second kappa shape index (κ2) is 4.84. The number of aromatic nitrogens is 1. The molecule has 0 radical (unpaired) electrons. The molecule has 2 rings (SSSR count). The minimum atomic E-state index is -0.589. The lowest BCUT2D eigenvalue weighted by Gasteiger charge is -2.12. The van der Waals surface area contributed by atoms with Crippen LogP contribution in [0.1, 0.15) is 28.1 Å². The van der Waals surface area contributed by atoms with E-state index in [1.807, 2.05) is 0 Å². The summed E-state index contributed by atoms with van der Waals surface area (Å²) in [6.07, 6.45) is 2.68. The summed E-state index contributed by atoms with van der Waals surface area (Å²) in [7, 11) is 0. The summed E-state index contributed by atoms with van der Waals surface area (Å²) in [6, 6.07) is 2.77. The maximum absolute atomic E-state index is 11.8. The molecular formula is C11H12N2O4. The van der Waals surface area contributed by atoms with Crippen LogP contribution < -0.4 is 5.32 Å². The Balaban J connectivity index is 2.10. The van der Waals surface area contributed by atoms with E-state index in [2.05, 4.69) is 10.3 Å². The number of aliphatic hydroxyl groups excluding tert-OH is 1. The summed E-state index contributed by atoms with van der Waals surface area (Å²) >= 11 is 0. The quantitative estimate of drug-likeness (QED) is 0.827. The van der Waals surface area contributed by atoms with Gasteiger partial charge in [-0.2, -0.15) is 0 Å². The van der Waals surface area contributed by atoms with Gasteiger partial charge in [0.1, 0.15) is 17.6 Å². The molecule has 2 heterocycles. The number of hydrogen-bond acceptors (Lipinski definition) is 5. The number of carbonyl (C=O) groups is 1.